The number of halogens is 2. The molecule has 0 radical (unpaired) electrons. The fraction of sp³-hybridized carbons (Fsp3) is 0.222. The van der Waals surface area contributed by atoms with Crippen molar-refractivity contribution in [2.45, 2.75) is 12.8 Å². The first-order valence-electron chi connectivity index (χ1n) is 4.15. The minimum absolute atomic E-state index is 0.188. The van der Waals surface area contributed by atoms with E-state index in [1.807, 2.05) is 0 Å². The van der Waals surface area contributed by atoms with E-state index in [1.165, 1.54) is 0 Å². The van der Waals surface area contributed by atoms with Crippen LogP contribution in [0.15, 0.2) is 6.07 Å². The molecule has 0 aliphatic carbocycles. The number of nitriles is 1. The zero-order valence-corrected chi connectivity index (χ0v) is 7.94. The Bertz CT molecular complexity index is 469. The molecule has 0 saturated carbocycles. The molecule has 0 atom stereocenters. The second-order valence-electron chi connectivity index (χ2n) is 2.95. The van der Waals surface area contributed by atoms with E-state index in [9.17, 15) is 13.6 Å². The number of anilines is 1. The lowest BCUT2D eigenvalue weighted by Crippen LogP contribution is -2.09. The number of pyridine rings is 1. The maximum absolute atomic E-state index is 12.5. The molecule has 0 unspecified atom stereocenters. The molecule has 1 aromatic heterocycles. The zero-order chi connectivity index (χ0) is 12.3. The number of nitrogen functional groups attached to an aromatic ring is 1. The minimum Gasteiger partial charge on any atom is -0.481 e. The van der Waals surface area contributed by atoms with Gasteiger partial charge < -0.3 is 10.8 Å². The summed E-state index contributed by atoms with van der Waals surface area (Å²) in [5, 5.41) is 17.1. The number of nitrogens with zero attached hydrogens (tertiary/aromatic N) is 2. The molecule has 0 spiro atoms. The van der Waals surface area contributed by atoms with Crippen molar-refractivity contribution in [3.8, 4) is 6.07 Å². The van der Waals surface area contributed by atoms with E-state index >= 15 is 0 Å². The number of carboxylic acids is 1. The standard InChI is InChI=1S/C9H7F2N3O2/c10-9(11)4-1-5(13)7(3-12)14-6(4)2-8(15)16/h1,9H,2,13H2,(H,15,16). The topological polar surface area (TPSA) is 100 Å². The van der Waals surface area contributed by atoms with Crippen molar-refractivity contribution in [2.24, 2.45) is 0 Å². The monoisotopic (exact) mass is 227 g/mol. The van der Waals surface area contributed by atoms with Gasteiger partial charge in [-0.3, -0.25) is 4.79 Å². The van der Waals surface area contributed by atoms with Crippen LogP contribution < -0.4 is 5.73 Å². The van der Waals surface area contributed by atoms with Gasteiger partial charge in [0.25, 0.3) is 6.43 Å². The summed E-state index contributed by atoms with van der Waals surface area (Å²) in [7, 11) is 0. The van der Waals surface area contributed by atoms with Crippen molar-refractivity contribution < 1.29 is 18.7 Å². The van der Waals surface area contributed by atoms with Crippen LogP contribution in [0.25, 0.3) is 0 Å². The van der Waals surface area contributed by atoms with Crippen LogP contribution in [-0.2, 0) is 11.2 Å². The van der Waals surface area contributed by atoms with Crippen molar-refractivity contribution in [1.29, 1.82) is 5.26 Å². The molecule has 7 heteroatoms. The summed E-state index contributed by atoms with van der Waals surface area (Å²) in [4.78, 5) is 13.9. The Morgan fingerprint density at radius 2 is 2.31 bits per heavy atom. The van der Waals surface area contributed by atoms with Gasteiger partial charge in [0.1, 0.15) is 6.07 Å². The van der Waals surface area contributed by atoms with Crippen LogP contribution in [0.1, 0.15) is 23.4 Å². The maximum atomic E-state index is 12.5. The van der Waals surface area contributed by atoms with Crippen molar-refractivity contribution in [1.82, 2.24) is 4.98 Å². The highest BCUT2D eigenvalue weighted by molar-refractivity contribution is 5.70. The van der Waals surface area contributed by atoms with Crippen LogP contribution in [0, 0.1) is 11.3 Å². The van der Waals surface area contributed by atoms with Gasteiger partial charge in [-0.1, -0.05) is 0 Å². The first kappa shape index (κ1) is 11.8. The highest BCUT2D eigenvalue weighted by Gasteiger charge is 2.19. The first-order chi connectivity index (χ1) is 7.45. The third kappa shape index (κ3) is 2.42. The van der Waals surface area contributed by atoms with Crippen LogP contribution in [0.4, 0.5) is 14.5 Å². The summed E-state index contributed by atoms with van der Waals surface area (Å²) >= 11 is 0. The molecule has 0 bridgehead atoms. The Morgan fingerprint density at radius 1 is 1.69 bits per heavy atom. The lowest BCUT2D eigenvalue weighted by molar-refractivity contribution is -0.136. The van der Waals surface area contributed by atoms with Gasteiger partial charge in [-0.2, -0.15) is 5.26 Å². The minimum atomic E-state index is -2.88. The molecule has 1 rings (SSSR count). The molecular weight excluding hydrogens is 220 g/mol. The van der Waals surface area contributed by atoms with E-state index in [0.717, 1.165) is 6.07 Å². The van der Waals surface area contributed by atoms with Crippen LogP contribution >= 0.6 is 0 Å². The Labute approximate surface area is 89.1 Å². The zero-order valence-electron chi connectivity index (χ0n) is 7.94. The number of alkyl halides is 2. The highest BCUT2D eigenvalue weighted by Crippen LogP contribution is 2.25. The molecule has 3 N–H and O–H groups in total. The van der Waals surface area contributed by atoms with Gasteiger partial charge in [-0.05, 0) is 6.07 Å². The first-order valence-corrected chi connectivity index (χ1v) is 4.15. The molecule has 1 heterocycles. The van der Waals surface area contributed by atoms with E-state index in [2.05, 4.69) is 4.98 Å². The van der Waals surface area contributed by atoms with Gasteiger partial charge in [0, 0.05) is 5.56 Å². The van der Waals surface area contributed by atoms with Crippen LogP contribution in [0.3, 0.4) is 0 Å². The van der Waals surface area contributed by atoms with Gasteiger partial charge in [0.05, 0.1) is 17.8 Å². The SMILES string of the molecule is N#Cc1nc(CC(=O)O)c(C(F)F)cc1N. The molecule has 0 amide bonds. The van der Waals surface area contributed by atoms with E-state index < -0.39 is 24.4 Å². The van der Waals surface area contributed by atoms with E-state index in [1.54, 1.807) is 6.07 Å². The third-order valence-electron chi connectivity index (χ3n) is 1.82. The lowest BCUT2D eigenvalue weighted by Gasteiger charge is -2.08. The van der Waals surface area contributed by atoms with Crippen molar-refractivity contribution in [3.05, 3.63) is 23.0 Å². The molecule has 84 valence electrons. The van der Waals surface area contributed by atoms with Gasteiger partial charge in [0.15, 0.2) is 5.69 Å². The quantitative estimate of drug-likeness (QED) is 0.805. The predicted molar refractivity (Wildman–Crippen MR) is 49.7 cm³/mol. The molecule has 0 aromatic carbocycles. The number of rotatable bonds is 3. The Kier molecular flexibility index (Phi) is 3.35. The second-order valence-corrected chi connectivity index (χ2v) is 2.95. The normalized spacial score (nSPS) is 10.1. The van der Waals surface area contributed by atoms with Gasteiger partial charge in [-0.25, -0.2) is 13.8 Å². The number of hydrogen-bond acceptors (Lipinski definition) is 4. The average molecular weight is 227 g/mol. The Balaban J connectivity index is 3.32. The van der Waals surface area contributed by atoms with Crippen molar-refractivity contribution in [3.63, 3.8) is 0 Å². The highest BCUT2D eigenvalue weighted by atomic mass is 19.3. The molecule has 0 fully saturated rings. The second kappa shape index (κ2) is 4.53. The summed E-state index contributed by atoms with van der Waals surface area (Å²) in [6.45, 7) is 0. The number of nitrogens with two attached hydrogens (primary N) is 1. The summed E-state index contributed by atoms with van der Waals surface area (Å²) < 4.78 is 25.0. The predicted octanol–water partition coefficient (Wildman–Crippen LogP) is 1.10. The summed E-state index contributed by atoms with van der Waals surface area (Å²) in [5.74, 6) is -1.30. The molecule has 0 aliphatic rings. The summed E-state index contributed by atoms with van der Waals surface area (Å²) in [6, 6.07) is 2.48. The van der Waals surface area contributed by atoms with Gasteiger partial charge in [-0.15, -0.1) is 0 Å². The summed E-state index contributed by atoms with van der Waals surface area (Å²) in [6.07, 6.45) is -3.55. The van der Waals surface area contributed by atoms with Crippen LogP contribution in [-0.4, -0.2) is 16.1 Å². The van der Waals surface area contributed by atoms with E-state index in [0.29, 0.717) is 0 Å². The number of hydrogen-bond donors (Lipinski definition) is 2. The average Bonchev–Trinajstić information content (AvgIpc) is 2.19. The molecule has 5 nitrogen and oxygen atoms in total. The number of carboxylic acid groups (broad SMARTS) is 1. The van der Waals surface area contributed by atoms with E-state index in [4.69, 9.17) is 16.1 Å². The number of carbonyl (C=O) groups is 1. The van der Waals surface area contributed by atoms with E-state index in [-0.39, 0.29) is 17.1 Å². The van der Waals surface area contributed by atoms with Gasteiger partial charge in [0.2, 0.25) is 0 Å². The fourth-order valence-corrected chi connectivity index (χ4v) is 1.15. The van der Waals surface area contributed by atoms with Crippen LogP contribution in [0.5, 0.6) is 0 Å². The molecule has 0 aliphatic heterocycles. The number of aliphatic carboxylic acids is 1. The number of aromatic nitrogens is 1. The smallest absolute Gasteiger partial charge is 0.309 e. The van der Waals surface area contributed by atoms with Gasteiger partial charge >= 0.3 is 5.97 Å². The molecule has 1 aromatic rings. The largest absolute Gasteiger partial charge is 0.481 e. The molecule has 16 heavy (non-hydrogen) atoms. The lowest BCUT2D eigenvalue weighted by atomic mass is 10.1. The Hall–Kier alpha value is -2.23. The summed E-state index contributed by atoms with van der Waals surface area (Å²) in [5.41, 5.74) is 3.97. The van der Waals surface area contributed by atoms with Crippen molar-refractivity contribution >= 4 is 11.7 Å². The third-order valence-corrected chi connectivity index (χ3v) is 1.82. The fourth-order valence-electron chi connectivity index (χ4n) is 1.15. The van der Waals surface area contributed by atoms with Crippen molar-refractivity contribution in [2.75, 3.05) is 5.73 Å². The molecule has 0 saturated heterocycles. The molecular formula is C9H7F2N3O2. The Morgan fingerprint density at radius 3 is 2.75 bits per heavy atom. The van der Waals surface area contributed by atoms with Crippen LogP contribution in [0.2, 0.25) is 0 Å². The maximum Gasteiger partial charge on any atom is 0.309 e.